The quantitative estimate of drug-likeness (QED) is 0.865. The Hall–Kier alpha value is -3.08. The lowest BCUT2D eigenvalue weighted by molar-refractivity contribution is 0.0601. The van der Waals surface area contributed by atoms with Gasteiger partial charge in [-0.15, -0.1) is 0 Å². The van der Waals surface area contributed by atoms with Gasteiger partial charge in [0.2, 0.25) is 0 Å². The van der Waals surface area contributed by atoms with Gasteiger partial charge in [0.05, 0.1) is 12.7 Å². The number of H-pyrrole nitrogens is 1. The Kier molecular flexibility index (Phi) is 3.62. The van der Waals surface area contributed by atoms with Gasteiger partial charge in [-0.1, -0.05) is 12.2 Å². The van der Waals surface area contributed by atoms with Crippen molar-refractivity contribution in [1.29, 1.82) is 0 Å². The van der Waals surface area contributed by atoms with E-state index in [-0.39, 0.29) is 5.56 Å². The molecule has 0 amide bonds. The molecule has 3 rings (SSSR count). The van der Waals surface area contributed by atoms with Crippen LogP contribution in [0.2, 0.25) is 0 Å². The number of anilines is 1. The molecule has 1 N–H and O–H groups in total. The van der Waals surface area contributed by atoms with Crippen LogP contribution in [0.1, 0.15) is 10.4 Å². The first-order chi connectivity index (χ1) is 10.7. The number of methoxy groups -OCH3 is 1. The van der Waals surface area contributed by atoms with E-state index in [0.717, 1.165) is 5.39 Å². The minimum Gasteiger partial charge on any atom is -0.465 e. The molecule has 1 aliphatic rings. The number of carbonyl (C=O) groups excluding carboxylic acids is 1. The summed E-state index contributed by atoms with van der Waals surface area (Å²) in [5, 5.41) is 0.761. The number of allylic oxidation sites excluding steroid dienone is 4. The van der Waals surface area contributed by atoms with E-state index in [1.807, 2.05) is 24.3 Å². The number of nitrogens with zero attached hydrogens (tertiary/aromatic N) is 1. The van der Waals surface area contributed by atoms with Crippen LogP contribution in [0, 0.1) is 0 Å². The Morgan fingerprint density at radius 1 is 1.09 bits per heavy atom. The Bertz CT molecular complexity index is 859. The summed E-state index contributed by atoms with van der Waals surface area (Å²) in [6, 6.07) is 6.77. The van der Waals surface area contributed by atoms with Gasteiger partial charge in [0.15, 0.2) is 0 Å². The highest BCUT2D eigenvalue weighted by molar-refractivity contribution is 5.95. The van der Waals surface area contributed by atoms with Crippen molar-refractivity contribution in [2.24, 2.45) is 0 Å². The number of benzene rings is 1. The number of ether oxygens (including phenoxy) is 1. The number of aromatic amines is 1. The summed E-state index contributed by atoms with van der Waals surface area (Å²) in [6.45, 7) is 0. The van der Waals surface area contributed by atoms with Crippen molar-refractivity contribution in [1.82, 2.24) is 4.98 Å². The predicted molar refractivity (Wildman–Crippen MR) is 85.8 cm³/mol. The van der Waals surface area contributed by atoms with Crippen LogP contribution in [0.15, 0.2) is 65.8 Å². The van der Waals surface area contributed by atoms with Gasteiger partial charge < -0.3 is 14.6 Å². The van der Waals surface area contributed by atoms with Gasteiger partial charge in [0.25, 0.3) is 5.56 Å². The molecule has 2 heterocycles. The van der Waals surface area contributed by atoms with Gasteiger partial charge in [-0.05, 0) is 36.4 Å². The van der Waals surface area contributed by atoms with E-state index >= 15 is 0 Å². The van der Waals surface area contributed by atoms with E-state index in [0.29, 0.717) is 16.8 Å². The summed E-state index contributed by atoms with van der Waals surface area (Å²) < 4.78 is 4.72. The third-order valence-electron chi connectivity index (χ3n) is 3.35. The van der Waals surface area contributed by atoms with Crippen molar-refractivity contribution in [2.45, 2.75) is 0 Å². The molecular weight excluding hydrogens is 280 g/mol. The molecule has 22 heavy (non-hydrogen) atoms. The lowest BCUT2D eigenvalue weighted by Crippen LogP contribution is -2.18. The Morgan fingerprint density at radius 3 is 2.50 bits per heavy atom. The van der Waals surface area contributed by atoms with Gasteiger partial charge in [-0.2, -0.15) is 0 Å². The summed E-state index contributed by atoms with van der Waals surface area (Å²) in [4.78, 5) is 28.4. The van der Waals surface area contributed by atoms with Crippen molar-refractivity contribution in [3.63, 3.8) is 0 Å². The highest BCUT2D eigenvalue weighted by atomic mass is 16.5. The van der Waals surface area contributed by atoms with Crippen LogP contribution >= 0.6 is 0 Å². The lowest BCUT2D eigenvalue weighted by atomic mass is 10.1. The number of rotatable bonds is 2. The number of pyridine rings is 1. The first-order valence-electron chi connectivity index (χ1n) is 6.74. The average Bonchev–Trinajstić information content (AvgIpc) is 2.82. The second-order valence-corrected chi connectivity index (χ2v) is 4.75. The SMILES string of the molecule is COC(=O)c1ccc2[nH]c(=O)c(N3C=CC=CC=C3)cc2c1. The van der Waals surface area contributed by atoms with E-state index < -0.39 is 5.97 Å². The minimum atomic E-state index is -0.409. The molecule has 1 aliphatic heterocycles. The molecule has 0 unspecified atom stereocenters. The Labute approximate surface area is 126 Å². The van der Waals surface area contributed by atoms with Crippen molar-refractivity contribution in [3.8, 4) is 0 Å². The predicted octanol–water partition coefficient (Wildman–Crippen LogP) is 2.72. The number of fused-ring (bicyclic) bond motifs is 1. The van der Waals surface area contributed by atoms with E-state index in [1.165, 1.54) is 7.11 Å². The van der Waals surface area contributed by atoms with Crippen molar-refractivity contribution in [2.75, 3.05) is 12.0 Å². The van der Waals surface area contributed by atoms with E-state index in [9.17, 15) is 9.59 Å². The topological polar surface area (TPSA) is 62.4 Å². The number of aromatic nitrogens is 1. The van der Waals surface area contributed by atoms with Crippen LogP contribution in [0.4, 0.5) is 5.69 Å². The van der Waals surface area contributed by atoms with Crippen molar-refractivity contribution < 1.29 is 9.53 Å². The minimum absolute atomic E-state index is 0.200. The fourth-order valence-corrected chi connectivity index (χ4v) is 2.26. The first-order valence-corrected chi connectivity index (χ1v) is 6.74. The maximum absolute atomic E-state index is 12.2. The molecule has 0 saturated heterocycles. The highest BCUT2D eigenvalue weighted by Crippen LogP contribution is 2.19. The van der Waals surface area contributed by atoms with Crippen LogP contribution in [-0.2, 0) is 4.74 Å². The lowest BCUT2D eigenvalue weighted by Gasteiger charge is -2.14. The molecule has 2 aromatic rings. The molecule has 0 atom stereocenters. The second kappa shape index (κ2) is 5.73. The zero-order valence-electron chi connectivity index (χ0n) is 11.9. The summed E-state index contributed by atoms with van der Waals surface area (Å²) in [7, 11) is 1.34. The van der Waals surface area contributed by atoms with Crippen LogP contribution < -0.4 is 10.5 Å². The molecule has 5 heteroatoms. The maximum Gasteiger partial charge on any atom is 0.337 e. The van der Waals surface area contributed by atoms with Crippen LogP contribution in [0.25, 0.3) is 10.9 Å². The number of esters is 1. The van der Waals surface area contributed by atoms with E-state index in [2.05, 4.69) is 4.98 Å². The van der Waals surface area contributed by atoms with Gasteiger partial charge in [0.1, 0.15) is 5.69 Å². The normalized spacial score (nSPS) is 13.4. The van der Waals surface area contributed by atoms with Gasteiger partial charge in [-0.3, -0.25) is 4.79 Å². The molecule has 5 nitrogen and oxygen atoms in total. The number of hydrogen-bond donors (Lipinski definition) is 1. The third kappa shape index (κ3) is 2.56. The standard InChI is InChI=1S/C17H14N2O3/c1-22-17(21)12-6-7-14-13(10-12)11-15(16(20)18-14)19-8-4-2-3-5-9-19/h2-11H,1H3,(H,18,20). The van der Waals surface area contributed by atoms with Crippen molar-refractivity contribution >= 4 is 22.6 Å². The number of hydrogen-bond acceptors (Lipinski definition) is 4. The molecule has 1 aromatic carbocycles. The molecule has 0 radical (unpaired) electrons. The first kappa shape index (κ1) is 13.9. The third-order valence-corrected chi connectivity index (χ3v) is 3.35. The van der Waals surface area contributed by atoms with Gasteiger partial charge in [-0.25, -0.2) is 4.79 Å². The fraction of sp³-hybridized carbons (Fsp3) is 0.0588. The molecule has 0 saturated carbocycles. The number of nitrogens with one attached hydrogen (secondary N) is 1. The average molecular weight is 294 g/mol. The zero-order chi connectivity index (χ0) is 15.5. The molecular formula is C17H14N2O3. The largest absolute Gasteiger partial charge is 0.465 e. The molecule has 0 bridgehead atoms. The van der Waals surface area contributed by atoms with Crippen molar-refractivity contribution in [3.05, 3.63) is 76.9 Å². The van der Waals surface area contributed by atoms with E-state index in [1.54, 1.807) is 41.6 Å². The Morgan fingerprint density at radius 2 is 1.82 bits per heavy atom. The van der Waals surface area contributed by atoms with Crippen LogP contribution in [0.5, 0.6) is 0 Å². The highest BCUT2D eigenvalue weighted by Gasteiger charge is 2.10. The molecule has 0 aliphatic carbocycles. The smallest absolute Gasteiger partial charge is 0.337 e. The summed E-state index contributed by atoms with van der Waals surface area (Å²) in [5.41, 5.74) is 1.39. The van der Waals surface area contributed by atoms with E-state index in [4.69, 9.17) is 4.74 Å². The summed E-state index contributed by atoms with van der Waals surface area (Å²) in [5.74, 6) is -0.409. The second-order valence-electron chi connectivity index (χ2n) is 4.75. The monoisotopic (exact) mass is 294 g/mol. The Balaban J connectivity index is 2.13. The zero-order valence-corrected chi connectivity index (χ0v) is 11.9. The maximum atomic E-state index is 12.2. The van der Waals surface area contributed by atoms with Crippen LogP contribution in [-0.4, -0.2) is 18.1 Å². The number of carbonyl (C=O) groups is 1. The van der Waals surface area contributed by atoms with Crippen LogP contribution in [0.3, 0.4) is 0 Å². The molecule has 0 fully saturated rings. The summed E-state index contributed by atoms with van der Waals surface area (Å²) in [6.07, 6.45) is 11.0. The molecule has 110 valence electrons. The molecule has 0 spiro atoms. The summed E-state index contributed by atoms with van der Waals surface area (Å²) >= 11 is 0. The molecule has 1 aromatic heterocycles. The van der Waals surface area contributed by atoms with Gasteiger partial charge in [0, 0.05) is 23.3 Å². The van der Waals surface area contributed by atoms with Gasteiger partial charge >= 0.3 is 5.97 Å². The fourth-order valence-electron chi connectivity index (χ4n) is 2.26.